The van der Waals surface area contributed by atoms with Gasteiger partial charge in [0.25, 0.3) is 0 Å². The molecular weight excluding hydrogens is 378 g/mol. The molecule has 0 atom stereocenters. The summed E-state index contributed by atoms with van der Waals surface area (Å²) in [5.74, 6) is 2.83. The molecule has 0 unspecified atom stereocenters. The molecule has 1 aromatic carbocycles. The SMILES string of the molecule is C1=C(c2ccccc2)CCN(c2cc(N3CCOCC3)nc(N3CCOCC3)n2)C1. The second-order valence-corrected chi connectivity index (χ2v) is 7.87. The summed E-state index contributed by atoms with van der Waals surface area (Å²) in [6, 6.07) is 12.8. The first-order valence-corrected chi connectivity index (χ1v) is 10.9. The molecule has 0 amide bonds. The van der Waals surface area contributed by atoms with E-state index in [1.807, 2.05) is 0 Å². The van der Waals surface area contributed by atoms with E-state index in [-0.39, 0.29) is 0 Å². The molecule has 158 valence electrons. The van der Waals surface area contributed by atoms with Crippen molar-refractivity contribution >= 4 is 23.2 Å². The number of ether oxygens (including phenoxy) is 2. The lowest BCUT2D eigenvalue weighted by molar-refractivity contribution is 0.121. The average molecular weight is 408 g/mol. The summed E-state index contributed by atoms with van der Waals surface area (Å²) in [4.78, 5) is 16.8. The lowest BCUT2D eigenvalue weighted by Crippen LogP contribution is -2.40. The molecule has 2 aromatic rings. The Hall–Kier alpha value is -2.64. The minimum absolute atomic E-state index is 0.730. The van der Waals surface area contributed by atoms with Gasteiger partial charge in [0.15, 0.2) is 0 Å². The maximum atomic E-state index is 5.54. The number of benzene rings is 1. The van der Waals surface area contributed by atoms with E-state index in [9.17, 15) is 0 Å². The van der Waals surface area contributed by atoms with Crippen LogP contribution < -0.4 is 14.7 Å². The van der Waals surface area contributed by atoms with Crippen molar-refractivity contribution in [3.05, 3.63) is 48.0 Å². The molecule has 7 heteroatoms. The molecule has 0 saturated carbocycles. The number of nitrogens with zero attached hydrogens (tertiary/aromatic N) is 5. The van der Waals surface area contributed by atoms with Crippen molar-refractivity contribution in [2.24, 2.45) is 0 Å². The Kier molecular flexibility index (Phi) is 5.81. The monoisotopic (exact) mass is 407 g/mol. The number of anilines is 3. The Morgan fingerprint density at radius 1 is 0.700 bits per heavy atom. The third kappa shape index (κ3) is 4.27. The quantitative estimate of drug-likeness (QED) is 0.772. The molecule has 0 spiro atoms. The fourth-order valence-electron chi connectivity index (χ4n) is 4.22. The number of aromatic nitrogens is 2. The summed E-state index contributed by atoms with van der Waals surface area (Å²) in [7, 11) is 0. The van der Waals surface area contributed by atoms with Crippen molar-refractivity contribution in [1.82, 2.24) is 9.97 Å². The van der Waals surface area contributed by atoms with Gasteiger partial charge in [-0.2, -0.15) is 9.97 Å². The van der Waals surface area contributed by atoms with E-state index in [0.29, 0.717) is 0 Å². The molecule has 1 aromatic heterocycles. The van der Waals surface area contributed by atoms with Gasteiger partial charge >= 0.3 is 0 Å². The Balaban J connectivity index is 1.41. The van der Waals surface area contributed by atoms with Crippen LogP contribution in [0.2, 0.25) is 0 Å². The maximum Gasteiger partial charge on any atom is 0.229 e. The van der Waals surface area contributed by atoms with Crippen molar-refractivity contribution in [1.29, 1.82) is 0 Å². The van der Waals surface area contributed by atoms with Crippen LogP contribution in [0.5, 0.6) is 0 Å². The Morgan fingerprint density at radius 2 is 1.33 bits per heavy atom. The third-order valence-corrected chi connectivity index (χ3v) is 5.99. The minimum Gasteiger partial charge on any atom is -0.378 e. The predicted octanol–water partition coefficient (Wildman–Crippen LogP) is 2.44. The molecule has 0 bridgehead atoms. The third-order valence-electron chi connectivity index (χ3n) is 5.99. The van der Waals surface area contributed by atoms with Gasteiger partial charge in [-0.1, -0.05) is 36.4 Å². The van der Waals surface area contributed by atoms with Crippen molar-refractivity contribution in [2.75, 3.05) is 80.4 Å². The van der Waals surface area contributed by atoms with Crippen LogP contribution in [-0.4, -0.2) is 75.7 Å². The van der Waals surface area contributed by atoms with Gasteiger partial charge in [-0.25, -0.2) is 0 Å². The summed E-state index contributed by atoms with van der Waals surface area (Å²) in [5.41, 5.74) is 2.74. The Bertz CT molecular complexity index is 840. The largest absolute Gasteiger partial charge is 0.378 e. The zero-order valence-electron chi connectivity index (χ0n) is 17.4. The average Bonchev–Trinajstić information content (AvgIpc) is 2.85. The second kappa shape index (κ2) is 9.02. The molecular formula is C23H29N5O2. The van der Waals surface area contributed by atoms with E-state index < -0.39 is 0 Å². The molecule has 0 radical (unpaired) electrons. The van der Waals surface area contributed by atoms with Gasteiger partial charge in [-0.3, -0.25) is 0 Å². The summed E-state index contributed by atoms with van der Waals surface area (Å²) < 4.78 is 11.1. The molecule has 4 heterocycles. The van der Waals surface area contributed by atoms with Gasteiger partial charge < -0.3 is 24.2 Å². The fourth-order valence-corrected chi connectivity index (χ4v) is 4.22. The molecule has 0 N–H and O–H groups in total. The van der Waals surface area contributed by atoms with Crippen molar-refractivity contribution in [3.63, 3.8) is 0 Å². The highest BCUT2D eigenvalue weighted by Crippen LogP contribution is 2.28. The van der Waals surface area contributed by atoms with Crippen LogP contribution in [0.25, 0.3) is 5.57 Å². The first-order chi connectivity index (χ1) is 14.9. The highest BCUT2D eigenvalue weighted by atomic mass is 16.5. The van der Waals surface area contributed by atoms with Crippen LogP contribution in [0.1, 0.15) is 12.0 Å². The van der Waals surface area contributed by atoms with Crippen LogP contribution in [0, 0.1) is 0 Å². The molecule has 3 aliphatic heterocycles. The molecule has 0 aliphatic carbocycles. The molecule has 2 saturated heterocycles. The van der Waals surface area contributed by atoms with Crippen LogP contribution in [0.15, 0.2) is 42.5 Å². The van der Waals surface area contributed by atoms with Crippen molar-refractivity contribution in [3.8, 4) is 0 Å². The predicted molar refractivity (Wildman–Crippen MR) is 119 cm³/mol. The lowest BCUT2D eigenvalue weighted by Gasteiger charge is -2.33. The summed E-state index contributed by atoms with van der Waals surface area (Å²) in [6.07, 6.45) is 3.36. The van der Waals surface area contributed by atoms with E-state index in [4.69, 9.17) is 19.4 Å². The zero-order valence-corrected chi connectivity index (χ0v) is 17.4. The van der Waals surface area contributed by atoms with E-state index in [2.05, 4.69) is 57.2 Å². The highest BCUT2D eigenvalue weighted by molar-refractivity contribution is 5.69. The van der Waals surface area contributed by atoms with Crippen LogP contribution in [0.3, 0.4) is 0 Å². The molecule has 5 rings (SSSR count). The van der Waals surface area contributed by atoms with Gasteiger partial charge in [0.1, 0.15) is 11.6 Å². The minimum atomic E-state index is 0.730. The van der Waals surface area contributed by atoms with Crippen LogP contribution >= 0.6 is 0 Å². The van der Waals surface area contributed by atoms with E-state index >= 15 is 0 Å². The molecule has 7 nitrogen and oxygen atoms in total. The first-order valence-electron chi connectivity index (χ1n) is 10.9. The van der Waals surface area contributed by atoms with E-state index in [1.165, 1.54) is 11.1 Å². The highest BCUT2D eigenvalue weighted by Gasteiger charge is 2.22. The number of rotatable bonds is 4. The first kappa shape index (κ1) is 19.3. The standard InChI is InChI=1S/C23H29N5O2/c1-2-4-19(5-3-1)20-6-8-26(9-7-20)21-18-22(27-10-14-29-15-11-27)25-23(24-21)28-12-16-30-17-13-28/h1-6,18H,7-17H2. The maximum absolute atomic E-state index is 5.54. The lowest BCUT2D eigenvalue weighted by atomic mass is 10.00. The van der Waals surface area contributed by atoms with Crippen LogP contribution in [-0.2, 0) is 9.47 Å². The molecule has 2 fully saturated rings. The fraction of sp³-hybridized carbons (Fsp3) is 0.478. The number of hydrogen-bond acceptors (Lipinski definition) is 7. The Morgan fingerprint density at radius 3 is 1.97 bits per heavy atom. The zero-order chi connectivity index (χ0) is 20.2. The smallest absolute Gasteiger partial charge is 0.229 e. The summed E-state index contributed by atoms with van der Waals surface area (Å²) in [6.45, 7) is 8.20. The number of morpholine rings is 2. The summed E-state index contributed by atoms with van der Waals surface area (Å²) >= 11 is 0. The van der Waals surface area contributed by atoms with Crippen molar-refractivity contribution < 1.29 is 9.47 Å². The van der Waals surface area contributed by atoms with E-state index in [1.54, 1.807) is 0 Å². The van der Waals surface area contributed by atoms with Crippen molar-refractivity contribution in [2.45, 2.75) is 6.42 Å². The van der Waals surface area contributed by atoms with E-state index in [0.717, 1.165) is 89.7 Å². The van der Waals surface area contributed by atoms with Gasteiger partial charge in [-0.15, -0.1) is 0 Å². The van der Waals surface area contributed by atoms with Gasteiger partial charge in [0, 0.05) is 45.3 Å². The number of hydrogen-bond donors (Lipinski definition) is 0. The van der Waals surface area contributed by atoms with Gasteiger partial charge in [-0.05, 0) is 17.6 Å². The second-order valence-electron chi connectivity index (χ2n) is 7.87. The topological polar surface area (TPSA) is 54.0 Å². The van der Waals surface area contributed by atoms with Crippen LogP contribution in [0.4, 0.5) is 17.6 Å². The Labute approximate surface area is 177 Å². The molecule has 3 aliphatic rings. The van der Waals surface area contributed by atoms with Gasteiger partial charge in [0.05, 0.1) is 26.4 Å². The normalized spacial score (nSPS) is 20.3. The summed E-state index contributed by atoms with van der Waals surface area (Å²) in [5, 5.41) is 0. The van der Waals surface area contributed by atoms with Gasteiger partial charge in [0.2, 0.25) is 5.95 Å². The molecule has 30 heavy (non-hydrogen) atoms.